The summed E-state index contributed by atoms with van der Waals surface area (Å²) in [6.07, 6.45) is 3.33. The minimum atomic E-state index is -0.265. The van der Waals surface area contributed by atoms with Gasteiger partial charge in [0.25, 0.3) is 0 Å². The smallest absolute Gasteiger partial charge is 0.227 e. The molecule has 6 nitrogen and oxygen atoms in total. The molecule has 0 aliphatic heterocycles. The fraction of sp³-hybridized carbons (Fsp3) is 0.286. The fourth-order valence-electron chi connectivity index (χ4n) is 1.79. The van der Waals surface area contributed by atoms with E-state index in [-0.39, 0.29) is 18.4 Å². The Balaban J connectivity index is 1.98. The molecular weight excluding hydrogens is 256 g/mol. The molecule has 1 heterocycles. The largest absolute Gasteiger partial charge is 0.380 e. The lowest BCUT2D eigenvalue weighted by Gasteiger charge is -2.11. The van der Waals surface area contributed by atoms with Gasteiger partial charge in [0, 0.05) is 13.7 Å². The average Bonchev–Trinajstić information content (AvgIpc) is 2.94. The van der Waals surface area contributed by atoms with Gasteiger partial charge in [0.2, 0.25) is 5.91 Å². The van der Waals surface area contributed by atoms with Crippen molar-refractivity contribution in [3.63, 3.8) is 0 Å². The van der Waals surface area contributed by atoms with E-state index in [1.807, 2.05) is 30.3 Å². The van der Waals surface area contributed by atoms with E-state index in [0.717, 1.165) is 5.69 Å². The molecule has 106 valence electrons. The van der Waals surface area contributed by atoms with Gasteiger partial charge >= 0.3 is 0 Å². The number of para-hydroxylation sites is 1. The summed E-state index contributed by atoms with van der Waals surface area (Å²) in [6.45, 7) is 0.313. The summed E-state index contributed by atoms with van der Waals surface area (Å²) >= 11 is 0. The highest BCUT2D eigenvalue weighted by molar-refractivity contribution is 5.90. The summed E-state index contributed by atoms with van der Waals surface area (Å²) in [7, 11) is 1.54. The number of nitrogens with one attached hydrogen (secondary N) is 1. The summed E-state index contributed by atoms with van der Waals surface area (Å²) in [6, 6.07) is 9.68. The van der Waals surface area contributed by atoms with E-state index in [2.05, 4.69) is 10.4 Å². The SMILES string of the molecule is COC(CN)CC(=O)Nc1cnn(-c2ccccc2)c1. The maximum atomic E-state index is 11.8. The van der Waals surface area contributed by atoms with E-state index in [1.165, 1.54) is 7.11 Å². The summed E-state index contributed by atoms with van der Waals surface area (Å²) in [5, 5.41) is 6.98. The maximum absolute atomic E-state index is 11.8. The zero-order valence-corrected chi connectivity index (χ0v) is 11.3. The maximum Gasteiger partial charge on any atom is 0.227 e. The Bertz CT molecular complexity index is 549. The average molecular weight is 274 g/mol. The zero-order valence-electron chi connectivity index (χ0n) is 11.3. The van der Waals surface area contributed by atoms with Crippen LogP contribution in [0.25, 0.3) is 5.69 Å². The van der Waals surface area contributed by atoms with Crippen LogP contribution >= 0.6 is 0 Å². The highest BCUT2D eigenvalue weighted by Crippen LogP contribution is 2.11. The van der Waals surface area contributed by atoms with E-state index in [0.29, 0.717) is 12.2 Å². The third-order valence-corrected chi connectivity index (χ3v) is 2.90. The first-order valence-corrected chi connectivity index (χ1v) is 6.35. The van der Waals surface area contributed by atoms with Crippen LogP contribution in [0, 0.1) is 0 Å². The number of benzene rings is 1. The second-order valence-electron chi connectivity index (χ2n) is 4.35. The number of hydrogen-bond donors (Lipinski definition) is 2. The fourth-order valence-corrected chi connectivity index (χ4v) is 1.79. The molecule has 0 saturated heterocycles. The Labute approximate surface area is 117 Å². The van der Waals surface area contributed by atoms with Crippen molar-refractivity contribution in [1.29, 1.82) is 0 Å². The number of ether oxygens (including phenoxy) is 1. The molecule has 0 aliphatic rings. The monoisotopic (exact) mass is 274 g/mol. The number of methoxy groups -OCH3 is 1. The molecule has 1 amide bonds. The Morgan fingerprint density at radius 3 is 2.85 bits per heavy atom. The van der Waals surface area contributed by atoms with Crippen molar-refractivity contribution < 1.29 is 9.53 Å². The van der Waals surface area contributed by atoms with Crippen LogP contribution in [0.1, 0.15) is 6.42 Å². The van der Waals surface area contributed by atoms with Crippen LogP contribution in [-0.2, 0) is 9.53 Å². The molecule has 3 N–H and O–H groups in total. The molecule has 1 atom stereocenters. The van der Waals surface area contributed by atoms with E-state index in [9.17, 15) is 4.79 Å². The summed E-state index contributed by atoms with van der Waals surface area (Å²) < 4.78 is 6.78. The summed E-state index contributed by atoms with van der Waals surface area (Å²) in [5.41, 5.74) is 7.06. The number of carbonyl (C=O) groups is 1. The van der Waals surface area contributed by atoms with Crippen molar-refractivity contribution >= 4 is 11.6 Å². The number of carbonyl (C=O) groups excluding carboxylic acids is 1. The molecule has 1 unspecified atom stereocenters. The van der Waals surface area contributed by atoms with Gasteiger partial charge in [-0.3, -0.25) is 4.79 Å². The van der Waals surface area contributed by atoms with Crippen LogP contribution in [0.15, 0.2) is 42.7 Å². The van der Waals surface area contributed by atoms with E-state index < -0.39 is 0 Å². The Hall–Kier alpha value is -2.18. The molecule has 0 spiro atoms. The molecule has 2 rings (SSSR count). The van der Waals surface area contributed by atoms with Gasteiger partial charge in [0.15, 0.2) is 0 Å². The van der Waals surface area contributed by atoms with Crippen LogP contribution in [-0.4, -0.2) is 35.4 Å². The molecular formula is C14H18N4O2. The van der Waals surface area contributed by atoms with E-state index >= 15 is 0 Å². The van der Waals surface area contributed by atoms with Crippen molar-refractivity contribution in [2.75, 3.05) is 19.0 Å². The molecule has 6 heteroatoms. The van der Waals surface area contributed by atoms with Crippen molar-refractivity contribution in [2.24, 2.45) is 5.73 Å². The summed E-state index contributed by atoms with van der Waals surface area (Å²) in [4.78, 5) is 11.8. The Kier molecular flexibility index (Phi) is 4.86. The second kappa shape index (κ2) is 6.83. The minimum Gasteiger partial charge on any atom is -0.380 e. The van der Waals surface area contributed by atoms with Gasteiger partial charge in [-0.1, -0.05) is 18.2 Å². The number of nitrogens with two attached hydrogens (primary N) is 1. The third-order valence-electron chi connectivity index (χ3n) is 2.90. The van der Waals surface area contributed by atoms with Gasteiger partial charge in [0.05, 0.1) is 36.3 Å². The zero-order chi connectivity index (χ0) is 14.4. The lowest BCUT2D eigenvalue weighted by molar-refractivity contribution is -0.118. The molecule has 1 aromatic carbocycles. The van der Waals surface area contributed by atoms with Crippen LogP contribution in [0.4, 0.5) is 5.69 Å². The predicted octanol–water partition coefficient (Wildman–Crippen LogP) is 1.17. The second-order valence-corrected chi connectivity index (χ2v) is 4.35. The van der Waals surface area contributed by atoms with Crippen LogP contribution in [0.3, 0.4) is 0 Å². The van der Waals surface area contributed by atoms with Crippen LogP contribution in [0.5, 0.6) is 0 Å². The topological polar surface area (TPSA) is 82.2 Å². The Morgan fingerprint density at radius 2 is 2.20 bits per heavy atom. The highest BCUT2D eigenvalue weighted by atomic mass is 16.5. The molecule has 0 aliphatic carbocycles. The number of nitrogens with zero attached hydrogens (tertiary/aromatic N) is 2. The Morgan fingerprint density at radius 1 is 1.45 bits per heavy atom. The van der Waals surface area contributed by atoms with Crippen molar-refractivity contribution in [2.45, 2.75) is 12.5 Å². The lowest BCUT2D eigenvalue weighted by Crippen LogP contribution is -2.28. The lowest BCUT2D eigenvalue weighted by atomic mass is 10.2. The van der Waals surface area contributed by atoms with Gasteiger partial charge < -0.3 is 15.8 Å². The molecule has 20 heavy (non-hydrogen) atoms. The van der Waals surface area contributed by atoms with Gasteiger partial charge in [-0.05, 0) is 12.1 Å². The predicted molar refractivity (Wildman–Crippen MR) is 76.7 cm³/mol. The molecule has 0 fully saturated rings. The first kappa shape index (κ1) is 14.2. The van der Waals surface area contributed by atoms with Gasteiger partial charge in [-0.15, -0.1) is 0 Å². The number of aromatic nitrogens is 2. The van der Waals surface area contributed by atoms with Gasteiger partial charge in [-0.2, -0.15) is 5.10 Å². The normalized spacial score (nSPS) is 12.1. The molecule has 1 aromatic heterocycles. The standard InChI is InChI=1S/C14H18N4O2/c1-20-13(8-15)7-14(19)17-11-9-16-18(10-11)12-5-3-2-4-6-12/h2-6,9-10,13H,7-8,15H2,1H3,(H,17,19). The van der Waals surface area contributed by atoms with Crippen molar-refractivity contribution in [1.82, 2.24) is 9.78 Å². The molecule has 0 bridgehead atoms. The highest BCUT2D eigenvalue weighted by Gasteiger charge is 2.12. The van der Waals surface area contributed by atoms with Gasteiger partial charge in [-0.25, -0.2) is 4.68 Å². The number of amides is 1. The minimum absolute atomic E-state index is 0.144. The summed E-state index contributed by atoms with van der Waals surface area (Å²) in [5.74, 6) is -0.144. The van der Waals surface area contributed by atoms with E-state index in [1.54, 1.807) is 17.1 Å². The number of rotatable bonds is 6. The van der Waals surface area contributed by atoms with Crippen LogP contribution in [0.2, 0.25) is 0 Å². The third kappa shape index (κ3) is 3.66. The molecule has 2 aromatic rings. The number of hydrogen-bond acceptors (Lipinski definition) is 4. The van der Waals surface area contributed by atoms with Gasteiger partial charge in [0.1, 0.15) is 0 Å². The number of anilines is 1. The quantitative estimate of drug-likeness (QED) is 0.828. The van der Waals surface area contributed by atoms with Crippen molar-refractivity contribution in [3.05, 3.63) is 42.7 Å². The molecule has 0 saturated carbocycles. The van der Waals surface area contributed by atoms with Crippen molar-refractivity contribution in [3.8, 4) is 5.69 Å². The van der Waals surface area contributed by atoms with E-state index in [4.69, 9.17) is 10.5 Å². The van der Waals surface area contributed by atoms with Crippen LogP contribution < -0.4 is 11.1 Å². The first-order valence-electron chi connectivity index (χ1n) is 6.35. The molecule has 0 radical (unpaired) electrons. The first-order chi connectivity index (χ1) is 9.72.